The molecule has 0 unspecified atom stereocenters. The predicted molar refractivity (Wildman–Crippen MR) is 103 cm³/mol. The zero-order valence-electron chi connectivity index (χ0n) is 15.6. The number of hydrogen-bond donors (Lipinski definition) is 0. The number of ether oxygens (including phenoxy) is 1. The van der Waals surface area contributed by atoms with Gasteiger partial charge in [-0.05, 0) is 36.8 Å². The molecular weight excluding hydrogens is 359 g/mol. The third-order valence-electron chi connectivity index (χ3n) is 5.03. The zero-order chi connectivity index (χ0) is 19.7. The largest absolute Gasteiger partial charge is 0.466 e. The first kappa shape index (κ1) is 18.2. The molecule has 0 saturated heterocycles. The third-order valence-corrected chi connectivity index (χ3v) is 5.03. The second kappa shape index (κ2) is 7.46. The molecule has 0 saturated carbocycles. The average Bonchev–Trinajstić information content (AvgIpc) is 3.05. The molecule has 0 radical (unpaired) electrons. The van der Waals surface area contributed by atoms with Crippen molar-refractivity contribution >= 4 is 22.8 Å². The Kier molecular flexibility index (Phi) is 4.86. The summed E-state index contributed by atoms with van der Waals surface area (Å²) in [4.78, 5) is 27.0. The maximum atomic E-state index is 13.7. The van der Waals surface area contributed by atoms with E-state index in [1.807, 2.05) is 34.9 Å². The van der Waals surface area contributed by atoms with E-state index in [1.54, 1.807) is 24.0 Å². The third kappa shape index (κ3) is 3.38. The van der Waals surface area contributed by atoms with Crippen LogP contribution in [0, 0.1) is 5.82 Å². The van der Waals surface area contributed by atoms with Crippen molar-refractivity contribution in [3.8, 4) is 0 Å². The van der Waals surface area contributed by atoms with Crippen molar-refractivity contribution in [2.75, 3.05) is 13.2 Å². The van der Waals surface area contributed by atoms with Crippen LogP contribution in [0.15, 0.2) is 54.6 Å². The van der Waals surface area contributed by atoms with Crippen LogP contribution < -0.4 is 0 Å². The molecule has 2 aromatic carbocycles. The fourth-order valence-electron chi connectivity index (χ4n) is 3.85. The molecule has 5 nitrogen and oxygen atoms in total. The Labute approximate surface area is 162 Å². The van der Waals surface area contributed by atoms with Crippen molar-refractivity contribution in [1.82, 2.24) is 9.47 Å². The van der Waals surface area contributed by atoms with Crippen LogP contribution in [0.4, 0.5) is 4.39 Å². The predicted octanol–water partition coefficient (Wildman–Crippen LogP) is 3.93. The Morgan fingerprint density at radius 3 is 2.71 bits per heavy atom. The van der Waals surface area contributed by atoms with Crippen LogP contribution in [-0.4, -0.2) is 34.5 Å². The molecule has 1 amide bonds. The lowest BCUT2D eigenvalue weighted by Gasteiger charge is -2.35. The topological polar surface area (TPSA) is 51.5 Å². The number of benzene rings is 2. The van der Waals surface area contributed by atoms with Crippen molar-refractivity contribution in [3.63, 3.8) is 0 Å². The first-order valence-electron chi connectivity index (χ1n) is 9.36. The minimum atomic E-state index is -0.356. The monoisotopic (exact) mass is 380 g/mol. The second-order valence-corrected chi connectivity index (χ2v) is 6.94. The number of rotatable bonds is 5. The van der Waals surface area contributed by atoms with Gasteiger partial charge in [-0.25, -0.2) is 4.39 Å². The fourth-order valence-corrected chi connectivity index (χ4v) is 3.85. The van der Waals surface area contributed by atoms with Crippen LogP contribution in [-0.2, 0) is 16.1 Å². The minimum absolute atomic E-state index is 0.124. The first-order valence-corrected chi connectivity index (χ1v) is 9.36. The molecule has 3 aromatic rings. The summed E-state index contributed by atoms with van der Waals surface area (Å²) in [7, 11) is 0. The molecule has 1 aromatic heterocycles. The van der Waals surface area contributed by atoms with Crippen LogP contribution >= 0.6 is 0 Å². The maximum Gasteiger partial charge on any atom is 0.307 e. The second-order valence-electron chi connectivity index (χ2n) is 6.94. The van der Waals surface area contributed by atoms with Gasteiger partial charge in [-0.3, -0.25) is 9.59 Å². The molecule has 0 bridgehead atoms. The first-order chi connectivity index (χ1) is 13.6. The summed E-state index contributed by atoms with van der Waals surface area (Å²) in [6.07, 6.45) is 0.153. The van der Waals surface area contributed by atoms with E-state index in [-0.39, 0.29) is 30.2 Å². The Balaban J connectivity index is 1.74. The van der Waals surface area contributed by atoms with E-state index in [0.29, 0.717) is 30.8 Å². The zero-order valence-corrected chi connectivity index (χ0v) is 15.6. The van der Waals surface area contributed by atoms with Gasteiger partial charge in [-0.2, -0.15) is 0 Å². The van der Waals surface area contributed by atoms with Gasteiger partial charge in [0.15, 0.2) is 0 Å². The molecule has 144 valence electrons. The highest BCUT2D eigenvalue weighted by Gasteiger charge is 2.34. The molecule has 0 fully saturated rings. The fraction of sp³-hybridized carbons (Fsp3) is 0.273. The molecule has 1 atom stereocenters. The molecular formula is C22H21FN2O3. The van der Waals surface area contributed by atoms with E-state index in [9.17, 15) is 14.0 Å². The summed E-state index contributed by atoms with van der Waals surface area (Å²) < 4.78 is 20.7. The summed E-state index contributed by atoms with van der Waals surface area (Å²) in [6.45, 7) is 2.92. The molecule has 4 rings (SSSR count). The van der Waals surface area contributed by atoms with Gasteiger partial charge < -0.3 is 14.2 Å². The number of halogens is 1. The summed E-state index contributed by atoms with van der Waals surface area (Å²) in [5, 5.41) is 0.652. The van der Waals surface area contributed by atoms with Gasteiger partial charge in [-0.1, -0.05) is 30.3 Å². The SMILES string of the molecule is CCOC(=O)C[C@H]1CN(Cc2ccccc2)C(=O)c2cc3cc(F)ccc3n21. The standard InChI is InChI=1S/C22H21FN2O3/c1-2-28-21(26)12-18-14-24(13-15-6-4-3-5-7-15)22(27)20-11-16-10-17(23)8-9-19(16)25(18)20/h3-11,18H,2,12-14H2,1H3/t18-/m0/s1. The van der Waals surface area contributed by atoms with E-state index in [0.717, 1.165) is 11.1 Å². The van der Waals surface area contributed by atoms with Gasteiger partial charge in [0, 0.05) is 24.0 Å². The molecule has 6 heteroatoms. The maximum absolute atomic E-state index is 13.7. The molecule has 28 heavy (non-hydrogen) atoms. The number of aromatic nitrogens is 1. The summed E-state index contributed by atoms with van der Waals surface area (Å²) >= 11 is 0. The van der Waals surface area contributed by atoms with E-state index >= 15 is 0 Å². The van der Waals surface area contributed by atoms with Gasteiger partial charge in [0.1, 0.15) is 11.5 Å². The lowest BCUT2D eigenvalue weighted by atomic mass is 10.1. The quantitative estimate of drug-likeness (QED) is 0.630. The summed E-state index contributed by atoms with van der Waals surface area (Å²) in [6, 6.07) is 15.6. The Hall–Kier alpha value is -3.15. The van der Waals surface area contributed by atoms with E-state index in [2.05, 4.69) is 0 Å². The lowest BCUT2D eigenvalue weighted by molar-refractivity contribution is -0.144. The van der Waals surface area contributed by atoms with E-state index in [4.69, 9.17) is 4.74 Å². The normalized spacial score (nSPS) is 16.3. The van der Waals surface area contributed by atoms with Gasteiger partial charge in [-0.15, -0.1) is 0 Å². The number of nitrogens with zero attached hydrogens (tertiary/aromatic N) is 2. The van der Waals surface area contributed by atoms with Crippen molar-refractivity contribution in [1.29, 1.82) is 0 Å². The highest BCUT2D eigenvalue weighted by Crippen LogP contribution is 2.32. The molecule has 1 aliphatic heterocycles. The number of carbonyl (C=O) groups excluding carboxylic acids is 2. The van der Waals surface area contributed by atoms with Crippen LogP contribution in [0.1, 0.15) is 35.4 Å². The molecule has 0 spiro atoms. The van der Waals surface area contributed by atoms with Crippen molar-refractivity contribution in [3.05, 3.63) is 71.7 Å². The van der Waals surface area contributed by atoms with Gasteiger partial charge >= 0.3 is 5.97 Å². The highest BCUT2D eigenvalue weighted by molar-refractivity contribution is 6.00. The number of amides is 1. The van der Waals surface area contributed by atoms with Crippen LogP contribution in [0.25, 0.3) is 10.9 Å². The van der Waals surface area contributed by atoms with E-state index < -0.39 is 0 Å². The molecule has 2 heterocycles. The van der Waals surface area contributed by atoms with Crippen molar-refractivity contribution in [2.45, 2.75) is 25.9 Å². The van der Waals surface area contributed by atoms with Gasteiger partial charge in [0.2, 0.25) is 0 Å². The summed E-state index contributed by atoms with van der Waals surface area (Å²) in [5.74, 6) is -0.789. The lowest BCUT2D eigenvalue weighted by Crippen LogP contribution is -2.43. The Bertz CT molecular complexity index is 1030. The number of carbonyl (C=O) groups is 2. The van der Waals surface area contributed by atoms with Crippen LogP contribution in [0.2, 0.25) is 0 Å². The van der Waals surface area contributed by atoms with Gasteiger partial charge in [0.05, 0.1) is 19.1 Å². The van der Waals surface area contributed by atoms with Crippen molar-refractivity contribution in [2.24, 2.45) is 0 Å². The number of fused-ring (bicyclic) bond motifs is 3. The minimum Gasteiger partial charge on any atom is -0.466 e. The van der Waals surface area contributed by atoms with Crippen LogP contribution in [0.3, 0.4) is 0 Å². The number of hydrogen-bond acceptors (Lipinski definition) is 3. The summed E-state index contributed by atoms with van der Waals surface area (Å²) in [5.41, 5.74) is 2.23. The smallest absolute Gasteiger partial charge is 0.307 e. The van der Waals surface area contributed by atoms with Crippen molar-refractivity contribution < 1.29 is 18.7 Å². The van der Waals surface area contributed by atoms with Gasteiger partial charge in [0.25, 0.3) is 5.91 Å². The molecule has 0 aliphatic carbocycles. The Morgan fingerprint density at radius 2 is 1.96 bits per heavy atom. The van der Waals surface area contributed by atoms with E-state index in [1.165, 1.54) is 12.1 Å². The highest BCUT2D eigenvalue weighted by atomic mass is 19.1. The van der Waals surface area contributed by atoms with Crippen LogP contribution in [0.5, 0.6) is 0 Å². The Morgan fingerprint density at radius 1 is 1.18 bits per heavy atom. The molecule has 0 N–H and O–H groups in total. The average molecular weight is 380 g/mol. The molecule has 1 aliphatic rings. The number of esters is 1.